The molecule has 100 valence electrons. The van der Waals surface area contributed by atoms with Gasteiger partial charge in [-0.05, 0) is 35.0 Å². The molecule has 19 heavy (non-hydrogen) atoms. The first kappa shape index (κ1) is 13.6. The maximum absolute atomic E-state index is 5.64. The second kappa shape index (κ2) is 5.54. The van der Waals surface area contributed by atoms with E-state index in [2.05, 4.69) is 45.2 Å². The zero-order chi connectivity index (χ0) is 13.3. The van der Waals surface area contributed by atoms with E-state index in [1.807, 2.05) is 12.3 Å². The number of aromatic nitrogens is 1. The van der Waals surface area contributed by atoms with E-state index in [1.54, 1.807) is 23.1 Å². The highest BCUT2D eigenvalue weighted by Gasteiger charge is 2.32. The number of thiazole rings is 1. The third-order valence-electron chi connectivity index (χ3n) is 2.88. The molecular weight excluding hydrogens is 346 g/mol. The standard InChI is InChI=1S/C13H12BrNO2S2/c1-13(16-6-7-17-13)9-2-4-10(5-3-9)19-12-15-11(14)8-18-12/h2-5,8H,6-7H2,1H3. The Morgan fingerprint density at radius 2 is 1.95 bits per heavy atom. The maximum Gasteiger partial charge on any atom is 0.192 e. The van der Waals surface area contributed by atoms with Gasteiger partial charge in [0.05, 0.1) is 13.2 Å². The molecule has 0 radical (unpaired) electrons. The first-order valence-corrected chi connectivity index (χ1v) is 8.32. The molecule has 1 saturated heterocycles. The lowest BCUT2D eigenvalue weighted by Gasteiger charge is -2.22. The minimum atomic E-state index is -0.590. The van der Waals surface area contributed by atoms with Crippen molar-refractivity contribution < 1.29 is 9.47 Å². The van der Waals surface area contributed by atoms with Crippen LogP contribution < -0.4 is 0 Å². The number of halogens is 1. The number of rotatable bonds is 3. The number of hydrogen-bond acceptors (Lipinski definition) is 5. The molecule has 1 aliphatic heterocycles. The summed E-state index contributed by atoms with van der Waals surface area (Å²) in [6.45, 7) is 3.26. The van der Waals surface area contributed by atoms with Crippen LogP contribution in [-0.2, 0) is 15.3 Å². The molecule has 0 saturated carbocycles. The topological polar surface area (TPSA) is 31.4 Å². The number of hydrogen-bond donors (Lipinski definition) is 0. The smallest absolute Gasteiger partial charge is 0.192 e. The van der Waals surface area contributed by atoms with Crippen molar-refractivity contribution in [2.45, 2.75) is 21.9 Å². The van der Waals surface area contributed by atoms with E-state index < -0.39 is 5.79 Å². The minimum absolute atomic E-state index is 0.590. The Bertz CT molecular complexity index is 564. The molecule has 0 atom stereocenters. The van der Waals surface area contributed by atoms with Gasteiger partial charge in [-0.1, -0.05) is 23.9 Å². The Kier molecular flexibility index (Phi) is 3.96. The van der Waals surface area contributed by atoms with Gasteiger partial charge in [0.2, 0.25) is 0 Å². The monoisotopic (exact) mass is 357 g/mol. The molecule has 1 fully saturated rings. The summed E-state index contributed by atoms with van der Waals surface area (Å²) in [6, 6.07) is 8.25. The summed E-state index contributed by atoms with van der Waals surface area (Å²) in [5, 5.41) is 1.98. The molecule has 6 heteroatoms. The Labute approximate surface area is 128 Å². The highest BCUT2D eigenvalue weighted by molar-refractivity contribution is 9.10. The van der Waals surface area contributed by atoms with E-state index in [0.29, 0.717) is 13.2 Å². The van der Waals surface area contributed by atoms with Gasteiger partial charge < -0.3 is 9.47 Å². The van der Waals surface area contributed by atoms with Crippen molar-refractivity contribution in [2.24, 2.45) is 0 Å². The summed E-state index contributed by atoms with van der Waals surface area (Å²) < 4.78 is 13.2. The highest BCUT2D eigenvalue weighted by Crippen LogP contribution is 2.35. The van der Waals surface area contributed by atoms with Gasteiger partial charge in [0.15, 0.2) is 10.1 Å². The highest BCUT2D eigenvalue weighted by atomic mass is 79.9. The predicted molar refractivity (Wildman–Crippen MR) is 79.6 cm³/mol. The summed E-state index contributed by atoms with van der Waals surface area (Å²) in [4.78, 5) is 5.53. The predicted octanol–water partition coefficient (Wildman–Crippen LogP) is 4.28. The molecule has 1 aromatic carbocycles. The summed E-state index contributed by atoms with van der Waals surface area (Å²) in [6.07, 6.45) is 0. The molecule has 0 bridgehead atoms. The van der Waals surface area contributed by atoms with Crippen LogP contribution in [0, 0.1) is 0 Å². The molecule has 1 aromatic heterocycles. The Hall–Kier alpha value is -0.400. The Balaban J connectivity index is 1.75. The molecule has 1 aliphatic rings. The average molecular weight is 358 g/mol. The van der Waals surface area contributed by atoms with E-state index in [0.717, 1.165) is 19.4 Å². The third kappa shape index (κ3) is 3.03. The van der Waals surface area contributed by atoms with Crippen LogP contribution >= 0.6 is 39.0 Å². The molecule has 2 aromatic rings. The van der Waals surface area contributed by atoms with Gasteiger partial charge in [0.1, 0.15) is 4.60 Å². The Morgan fingerprint density at radius 1 is 1.26 bits per heavy atom. The van der Waals surface area contributed by atoms with Crippen LogP contribution in [0.4, 0.5) is 0 Å². The van der Waals surface area contributed by atoms with Crippen LogP contribution in [0.3, 0.4) is 0 Å². The van der Waals surface area contributed by atoms with Crippen molar-refractivity contribution in [1.82, 2.24) is 4.98 Å². The maximum atomic E-state index is 5.64. The summed E-state index contributed by atoms with van der Waals surface area (Å²) in [5.74, 6) is -0.590. The first-order valence-electron chi connectivity index (χ1n) is 5.83. The van der Waals surface area contributed by atoms with E-state index in [9.17, 15) is 0 Å². The fourth-order valence-electron chi connectivity index (χ4n) is 1.89. The van der Waals surface area contributed by atoms with Crippen molar-refractivity contribution in [3.8, 4) is 0 Å². The number of ether oxygens (including phenoxy) is 2. The summed E-state index contributed by atoms with van der Waals surface area (Å²) in [5.41, 5.74) is 1.05. The Morgan fingerprint density at radius 3 is 2.53 bits per heavy atom. The molecule has 0 amide bonds. The molecule has 0 unspecified atom stereocenters. The average Bonchev–Trinajstić information content (AvgIpc) is 3.00. The first-order chi connectivity index (χ1) is 9.16. The zero-order valence-corrected chi connectivity index (χ0v) is 13.5. The van der Waals surface area contributed by atoms with Gasteiger partial charge in [-0.25, -0.2) is 4.98 Å². The lowest BCUT2D eigenvalue weighted by Crippen LogP contribution is -2.22. The van der Waals surface area contributed by atoms with Crippen molar-refractivity contribution in [3.05, 3.63) is 39.8 Å². The molecule has 2 heterocycles. The normalized spacial score (nSPS) is 17.8. The van der Waals surface area contributed by atoms with E-state index in [-0.39, 0.29) is 0 Å². The van der Waals surface area contributed by atoms with Gasteiger partial charge in [-0.3, -0.25) is 0 Å². The SMILES string of the molecule is CC1(c2ccc(Sc3nc(Br)cs3)cc2)OCCO1. The molecule has 0 spiro atoms. The van der Waals surface area contributed by atoms with E-state index >= 15 is 0 Å². The van der Waals surface area contributed by atoms with Crippen molar-refractivity contribution in [2.75, 3.05) is 13.2 Å². The van der Waals surface area contributed by atoms with Gasteiger partial charge in [-0.2, -0.15) is 0 Å². The lowest BCUT2D eigenvalue weighted by atomic mass is 10.1. The van der Waals surface area contributed by atoms with Crippen LogP contribution in [0.15, 0.2) is 43.5 Å². The van der Waals surface area contributed by atoms with Crippen LogP contribution in [0.1, 0.15) is 12.5 Å². The fourth-order valence-corrected chi connectivity index (χ4v) is 4.23. The van der Waals surface area contributed by atoms with Crippen LogP contribution in [-0.4, -0.2) is 18.2 Å². The lowest BCUT2D eigenvalue weighted by molar-refractivity contribution is -0.149. The fraction of sp³-hybridized carbons (Fsp3) is 0.308. The molecule has 0 aliphatic carbocycles. The molecule has 3 rings (SSSR count). The number of benzene rings is 1. The third-order valence-corrected chi connectivity index (χ3v) is 5.53. The van der Waals surface area contributed by atoms with E-state index in [4.69, 9.17) is 9.47 Å². The minimum Gasteiger partial charge on any atom is -0.344 e. The van der Waals surface area contributed by atoms with E-state index in [1.165, 1.54) is 0 Å². The number of nitrogens with zero attached hydrogens (tertiary/aromatic N) is 1. The van der Waals surface area contributed by atoms with Gasteiger partial charge in [0, 0.05) is 15.8 Å². The molecule has 0 N–H and O–H groups in total. The second-order valence-electron chi connectivity index (χ2n) is 4.21. The zero-order valence-electron chi connectivity index (χ0n) is 10.3. The molecular formula is C13H12BrNO2S2. The van der Waals surface area contributed by atoms with Crippen molar-refractivity contribution in [3.63, 3.8) is 0 Å². The largest absolute Gasteiger partial charge is 0.344 e. The summed E-state index contributed by atoms with van der Waals surface area (Å²) >= 11 is 6.64. The van der Waals surface area contributed by atoms with Gasteiger partial charge in [-0.15, -0.1) is 11.3 Å². The van der Waals surface area contributed by atoms with Crippen molar-refractivity contribution in [1.29, 1.82) is 0 Å². The van der Waals surface area contributed by atoms with Crippen molar-refractivity contribution >= 4 is 39.0 Å². The van der Waals surface area contributed by atoms with Crippen LogP contribution in [0.5, 0.6) is 0 Å². The molecule has 3 nitrogen and oxygen atoms in total. The summed E-state index contributed by atoms with van der Waals surface area (Å²) in [7, 11) is 0. The quantitative estimate of drug-likeness (QED) is 0.820. The van der Waals surface area contributed by atoms with Gasteiger partial charge >= 0.3 is 0 Å². The second-order valence-corrected chi connectivity index (χ2v) is 7.20. The van der Waals surface area contributed by atoms with Gasteiger partial charge in [0.25, 0.3) is 0 Å². The van der Waals surface area contributed by atoms with Crippen LogP contribution in [0.25, 0.3) is 0 Å². The van der Waals surface area contributed by atoms with Crippen LogP contribution in [0.2, 0.25) is 0 Å².